The van der Waals surface area contributed by atoms with Crippen LogP contribution in [-0.2, 0) is 4.74 Å². The fourth-order valence-electron chi connectivity index (χ4n) is 2.20. The molecule has 6 heteroatoms. The molecule has 2 aromatic carbocycles. The van der Waals surface area contributed by atoms with E-state index in [-0.39, 0.29) is 5.56 Å². The minimum Gasteiger partial charge on any atom is -0.465 e. The van der Waals surface area contributed by atoms with E-state index in [2.05, 4.69) is 10.2 Å². The quantitative estimate of drug-likeness (QED) is 0.721. The van der Waals surface area contributed by atoms with Gasteiger partial charge in [-0.05, 0) is 24.3 Å². The Morgan fingerprint density at radius 1 is 1.00 bits per heavy atom. The molecule has 0 atom stereocenters. The number of hydrogen-bond acceptors (Lipinski definition) is 4. The van der Waals surface area contributed by atoms with Crippen molar-refractivity contribution in [2.75, 3.05) is 7.11 Å². The number of aromatic nitrogens is 2. The second-order valence-electron chi connectivity index (χ2n) is 4.79. The summed E-state index contributed by atoms with van der Waals surface area (Å²) in [5.41, 5.74) is 1.32. The first kappa shape index (κ1) is 15.2. The van der Waals surface area contributed by atoms with E-state index in [9.17, 15) is 9.59 Å². The fourth-order valence-corrected chi connectivity index (χ4v) is 3.08. The summed E-state index contributed by atoms with van der Waals surface area (Å²) in [6, 6.07) is 16.8. The molecule has 0 spiro atoms. The molecular formula is C17H14N2O3S. The summed E-state index contributed by atoms with van der Waals surface area (Å²) in [6.45, 7) is 0. The zero-order chi connectivity index (χ0) is 16.2. The van der Waals surface area contributed by atoms with Gasteiger partial charge in [0, 0.05) is 21.4 Å². The molecule has 116 valence electrons. The average molecular weight is 326 g/mol. The molecule has 0 aliphatic carbocycles. The van der Waals surface area contributed by atoms with Crippen LogP contribution in [0.25, 0.3) is 11.3 Å². The molecule has 0 saturated carbocycles. The highest BCUT2D eigenvalue weighted by molar-refractivity contribution is 7.99. The second-order valence-corrected chi connectivity index (χ2v) is 5.93. The number of esters is 1. The predicted molar refractivity (Wildman–Crippen MR) is 88.8 cm³/mol. The summed E-state index contributed by atoms with van der Waals surface area (Å²) in [6.07, 6.45) is 0. The summed E-state index contributed by atoms with van der Waals surface area (Å²) in [7, 11) is 1.34. The van der Waals surface area contributed by atoms with E-state index in [1.165, 1.54) is 13.2 Å². The average Bonchev–Trinajstić information content (AvgIpc) is 3.01. The third-order valence-electron chi connectivity index (χ3n) is 3.26. The normalized spacial score (nSPS) is 10.5. The molecule has 0 amide bonds. The molecular weight excluding hydrogens is 312 g/mol. The van der Waals surface area contributed by atoms with Crippen LogP contribution < -0.4 is 5.56 Å². The second kappa shape index (κ2) is 6.58. The monoisotopic (exact) mass is 326 g/mol. The molecule has 3 aromatic rings. The van der Waals surface area contributed by atoms with Gasteiger partial charge in [0.25, 0.3) is 5.56 Å². The maximum Gasteiger partial charge on any atom is 0.338 e. The van der Waals surface area contributed by atoms with Crippen LogP contribution in [0.5, 0.6) is 0 Å². The Morgan fingerprint density at radius 3 is 2.43 bits per heavy atom. The van der Waals surface area contributed by atoms with Gasteiger partial charge >= 0.3 is 5.97 Å². The lowest BCUT2D eigenvalue weighted by Crippen LogP contribution is -2.04. The van der Waals surface area contributed by atoms with Crippen molar-refractivity contribution < 1.29 is 9.53 Å². The van der Waals surface area contributed by atoms with Crippen molar-refractivity contribution in [3.05, 3.63) is 70.5 Å². The first-order chi connectivity index (χ1) is 11.2. The van der Waals surface area contributed by atoms with E-state index in [1.807, 2.05) is 36.4 Å². The zero-order valence-electron chi connectivity index (χ0n) is 12.3. The number of carbonyl (C=O) groups is 1. The van der Waals surface area contributed by atoms with Crippen LogP contribution in [0.4, 0.5) is 0 Å². The topological polar surface area (TPSA) is 75.0 Å². The van der Waals surface area contributed by atoms with Crippen LogP contribution >= 0.6 is 11.8 Å². The van der Waals surface area contributed by atoms with Crippen molar-refractivity contribution in [1.29, 1.82) is 0 Å². The maximum atomic E-state index is 12.1. The molecule has 0 unspecified atom stereocenters. The number of H-pyrrole nitrogens is 2. The van der Waals surface area contributed by atoms with Gasteiger partial charge in [0.1, 0.15) is 0 Å². The van der Waals surface area contributed by atoms with E-state index < -0.39 is 5.97 Å². The minimum atomic E-state index is -0.447. The number of methoxy groups -OCH3 is 1. The Kier molecular flexibility index (Phi) is 4.34. The number of hydrogen-bond donors (Lipinski definition) is 2. The number of ether oxygens (including phenoxy) is 1. The molecule has 0 fully saturated rings. The molecule has 0 radical (unpaired) electrons. The summed E-state index contributed by atoms with van der Waals surface area (Å²) < 4.78 is 4.86. The Labute approximate surface area is 136 Å². The van der Waals surface area contributed by atoms with Gasteiger partial charge in [-0.15, -0.1) is 0 Å². The molecule has 3 rings (SSSR count). The number of benzene rings is 2. The lowest BCUT2D eigenvalue weighted by atomic mass is 10.0. The van der Waals surface area contributed by atoms with Crippen molar-refractivity contribution in [3.63, 3.8) is 0 Å². The summed E-state index contributed by atoms with van der Waals surface area (Å²) in [5, 5.41) is 5.23. The minimum absolute atomic E-state index is 0.251. The Morgan fingerprint density at radius 2 is 1.78 bits per heavy atom. The van der Waals surface area contributed by atoms with Crippen LogP contribution in [0.15, 0.2) is 69.2 Å². The number of carbonyl (C=O) groups excluding carboxylic acids is 1. The van der Waals surface area contributed by atoms with Gasteiger partial charge in [0.15, 0.2) is 0 Å². The van der Waals surface area contributed by atoms with Crippen molar-refractivity contribution >= 4 is 17.7 Å². The summed E-state index contributed by atoms with van der Waals surface area (Å²) >= 11 is 1.55. The van der Waals surface area contributed by atoms with Crippen molar-refractivity contribution in [3.8, 4) is 11.3 Å². The van der Waals surface area contributed by atoms with E-state index in [0.717, 1.165) is 9.79 Å². The third-order valence-corrected chi connectivity index (χ3v) is 4.26. The Hall–Kier alpha value is -2.73. The molecule has 1 heterocycles. The van der Waals surface area contributed by atoms with Gasteiger partial charge in [-0.25, -0.2) is 4.79 Å². The number of aromatic amines is 2. The molecule has 0 saturated heterocycles. The van der Waals surface area contributed by atoms with Crippen molar-refractivity contribution in [1.82, 2.24) is 10.2 Å². The van der Waals surface area contributed by atoms with E-state index >= 15 is 0 Å². The van der Waals surface area contributed by atoms with Gasteiger partial charge in [0.2, 0.25) is 0 Å². The Bertz CT molecular complexity index is 884. The largest absolute Gasteiger partial charge is 0.465 e. The maximum absolute atomic E-state index is 12.1. The van der Waals surface area contributed by atoms with E-state index in [4.69, 9.17) is 4.74 Å². The van der Waals surface area contributed by atoms with Crippen LogP contribution in [0.2, 0.25) is 0 Å². The fraction of sp³-hybridized carbons (Fsp3) is 0.0588. The van der Waals surface area contributed by atoms with E-state index in [0.29, 0.717) is 16.8 Å². The molecule has 1 aromatic heterocycles. The molecule has 23 heavy (non-hydrogen) atoms. The third kappa shape index (κ3) is 3.37. The van der Waals surface area contributed by atoms with Gasteiger partial charge in [0.05, 0.1) is 18.4 Å². The summed E-state index contributed by atoms with van der Waals surface area (Å²) in [5.74, 6) is -0.447. The Balaban J connectivity index is 2.02. The van der Waals surface area contributed by atoms with Crippen molar-refractivity contribution in [2.24, 2.45) is 0 Å². The first-order valence-corrected chi connectivity index (χ1v) is 7.72. The van der Waals surface area contributed by atoms with Crippen LogP contribution in [0, 0.1) is 0 Å². The highest BCUT2D eigenvalue weighted by atomic mass is 32.2. The van der Waals surface area contributed by atoms with E-state index in [1.54, 1.807) is 23.9 Å². The van der Waals surface area contributed by atoms with Gasteiger partial charge < -0.3 is 4.74 Å². The predicted octanol–water partition coefficient (Wildman–Crippen LogP) is 3.31. The molecule has 0 aliphatic heterocycles. The smallest absolute Gasteiger partial charge is 0.338 e. The lowest BCUT2D eigenvalue weighted by Gasteiger charge is -2.09. The zero-order valence-corrected chi connectivity index (χ0v) is 13.1. The molecule has 5 nitrogen and oxygen atoms in total. The summed E-state index contributed by atoms with van der Waals surface area (Å²) in [4.78, 5) is 25.4. The van der Waals surface area contributed by atoms with Crippen LogP contribution in [0.3, 0.4) is 0 Å². The molecule has 2 N–H and O–H groups in total. The highest BCUT2D eigenvalue weighted by Gasteiger charge is 2.16. The van der Waals surface area contributed by atoms with Gasteiger partial charge in [-0.1, -0.05) is 36.0 Å². The first-order valence-electron chi connectivity index (χ1n) is 6.90. The van der Waals surface area contributed by atoms with Crippen LogP contribution in [-0.4, -0.2) is 23.3 Å². The molecule has 0 aliphatic rings. The molecule has 0 bridgehead atoms. The van der Waals surface area contributed by atoms with Gasteiger partial charge in [-0.3, -0.25) is 15.0 Å². The SMILES string of the molecule is COC(=O)c1cc(Sc2ccccc2)ccc1-c1cc(=O)[nH][nH]1. The lowest BCUT2D eigenvalue weighted by molar-refractivity contribution is 0.0601. The number of nitrogens with one attached hydrogen (secondary N) is 2. The van der Waals surface area contributed by atoms with Gasteiger partial charge in [-0.2, -0.15) is 0 Å². The van der Waals surface area contributed by atoms with Crippen molar-refractivity contribution in [2.45, 2.75) is 9.79 Å². The standard InChI is InChI=1S/C17H14N2O3S/c1-22-17(21)14-9-12(23-11-5-3-2-4-6-11)7-8-13(14)15-10-16(20)19-18-15/h2-10H,1H3,(H2,18,19,20). The number of rotatable bonds is 4. The van der Waals surface area contributed by atoms with Crippen LogP contribution in [0.1, 0.15) is 10.4 Å². The highest BCUT2D eigenvalue weighted by Crippen LogP contribution is 2.31.